The molecule has 0 unspecified atom stereocenters. The smallest absolute Gasteiger partial charge is 0.337 e. The van der Waals surface area contributed by atoms with Crippen LogP contribution < -0.4 is 0 Å². The summed E-state index contributed by atoms with van der Waals surface area (Å²) in [5.74, 6) is -3.02. The summed E-state index contributed by atoms with van der Waals surface area (Å²) in [6, 6.07) is 5.83. The van der Waals surface area contributed by atoms with Crippen LogP contribution in [0.15, 0.2) is 35.6 Å². The number of aliphatic hydroxyl groups is 1. The lowest BCUT2D eigenvalue weighted by Crippen LogP contribution is -2.29. The Balaban J connectivity index is 1.97. The van der Waals surface area contributed by atoms with Crippen molar-refractivity contribution < 1.29 is 24.2 Å². The molecular formula is C13H12FNO4. The number of halogens is 1. The lowest BCUT2D eigenvalue weighted by Gasteiger charge is -2.15. The molecule has 5 nitrogen and oxygen atoms in total. The molecule has 0 spiro atoms. The predicted molar refractivity (Wildman–Crippen MR) is 64.0 cm³/mol. The number of aliphatic carboxylic acids is 1. The van der Waals surface area contributed by atoms with Crippen LogP contribution in [0, 0.1) is 5.82 Å². The van der Waals surface area contributed by atoms with E-state index in [1.807, 2.05) is 0 Å². The zero-order valence-electron chi connectivity index (χ0n) is 9.97. The Labute approximate surface area is 108 Å². The Morgan fingerprint density at radius 1 is 1.32 bits per heavy atom. The molecule has 1 aromatic rings. The Morgan fingerprint density at radius 3 is 2.47 bits per heavy atom. The number of aliphatic hydroxyl groups excluding tert-OH is 1. The molecular weight excluding hydrogens is 253 g/mol. The maximum Gasteiger partial charge on any atom is 0.337 e. The highest BCUT2D eigenvalue weighted by Crippen LogP contribution is 2.17. The van der Waals surface area contributed by atoms with Crippen molar-refractivity contribution in [1.29, 1.82) is 0 Å². The Kier molecular flexibility index (Phi) is 3.50. The number of hydrogen-bond acceptors (Lipinski definition) is 3. The molecule has 100 valence electrons. The summed E-state index contributed by atoms with van der Waals surface area (Å²) in [5.41, 5.74) is 0.543. The lowest BCUT2D eigenvalue weighted by molar-refractivity contribution is -0.133. The highest BCUT2D eigenvalue weighted by molar-refractivity contribution is 6.04. The first-order valence-corrected chi connectivity index (χ1v) is 5.68. The van der Waals surface area contributed by atoms with Crippen LogP contribution >= 0.6 is 0 Å². The first-order valence-electron chi connectivity index (χ1n) is 5.68. The fourth-order valence-corrected chi connectivity index (χ4v) is 1.88. The first kappa shape index (κ1) is 13.1. The van der Waals surface area contributed by atoms with E-state index >= 15 is 0 Å². The Morgan fingerprint density at radius 2 is 1.95 bits per heavy atom. The monoisotopic (exact) mass is 265 g/mol. The predicted octanol–water partition coefficient (Wildman–Crippen LogP) is 1.11. The third-order valence-electron chi connectivity index (χ3n) is 2.97. The second-order valence-electron chi connectivity index (χ2n) is 4.24. The third kappa shape index (κ3) is 2.73. The number of carbonyl (C=O) groups is 2. The van der Waals surface area contributed by atoms with Crippen molar-refractivity contribution >= 4 is 11.9 Å². The number of amides is 1. The normalized spacial score (nSPS) is 15.2. The molecule has 2 rings (SSSR count). The van der Waals surface area contributed by atoms with Gasteiger partial charge in [0.05, 0.1) is 6.54 Å². The minimum atomic E-state index is -1.30. The van der Waals surface area contributed by atoms with Gasteiger partial charge in [0.2, 0.25) is 0 Å². The molecule has 19 heavy (non-hydrogen) atoms. The molecule has 1 aromatic carbocycles. The lowest BCUT2D eigenvalue weighted by atomic mass is 10.1. The van der Waals surface area contributed by atoms with Crippen molar-refractivity contribution in [3.05, 3.63) is 47.0 Å². The molecule has 0 radical (unpaired) electrons. The van der Waals surface area contributed by atoms with Gasteiger partial charge in [0, 0.05) is 6.54 Å². The number of nitrogens with zero attached hydrogens (tertiary/aromatic N) is 1. The number of carbonyl (C=O) groups excluding carboxylic acids is 1. The van der Waals surface area contributed by atoms with E-state index in [2.05, 4.69) is 0 Å². The summed E-state index contributed by atoms with van der Waals surface area (Å²) < 4.78 is 12.7. The number of benzene rings is 1. The summed E-state index contributed by atoms with van der Waals surface area (Å²) in [6.45, 7) is 0.159. The van der Waals surface area contributed by atoms with Crippen LogP contribution in [0.2, 0.25) is 0 Å². The second kappa shape index (κ2) is 5.09. The fraction of sp³-hybridized carbons (Fsp3) is 0.231. The second-order valence-corrected chi connectivity index (χ2v) is 4.24. The molecule has 0 atom stereocenters. The van der Waals surface area contributed by atoms with Crippen molar-refractivity contribution in [3.8, 4) is 0 Å². The molecule has 0 bridgehead atoms. The van der Waals surface area contributed by atoms with Gasteiger partial charge in [-0.2, -0.15) is 0 Å². The fourth-order valence-electron chi connectivity index (χ4n) is 1.88. The van der Waals surface area contributed by atoms with E-state index in [1.165, 1.54) is 17.0 Å². The van der Waals surface area contributed by atoms with Crippen LogP contribution in [0.1, 0.15) is 5.56 Å². The highest BCUT2D eigenvalue weighted by atomic mass is 19.1. The first-order chi connectivity index (χ1) is 8.99. The van der Waals surface area contributed by atoms with E-state index < -0.39 is 17.6 Å². The molecule has 2 N–H and O–H groups in total. The van der Waals surface area contributed by atoms with Gasteiger partial charge in [0.25, 0.3) is 5.91 Å². The van der Waals surface area contributed by atoms with Crippen LogP contribution in [0.5, 0.6) is 0 Å². The topological polar surface area (TPSA) is 77.8 Å². The van der Waals surface area contributed by atoms with Gasteiger partial charge < -0.3 is 15.1 Å². The minimum absolute atomic E-state index is 0.110. The van der Waals surface area contributed by atoms with Gasteiger partial charge in [-0.15, -0.1) is 0 Å². The Hall–Kier alpha value is -2.37. The van der Waals surface area contributed by atoms with Crippen molar-refractivity contribution in [3.63, 3.8) is 0 Å². The highest BCUT2D eigenvalue weighted by Gasteiger charge is 2.33. The van der Waals surface area contributed by atoms with Crippen molar-refractivity contribution in [1.82, 2.24) is 4.90 Å². The van der Waals surface area contributed by atoms with Crippen LogP contribution in [-0.4, -0.2) is 40.1 Å². The zero-order valence-corrected chi connectivity index (χ0v) is 9.97. The maximum atomic E-state index is 12.7. The average molecular weight is 265 g/mol. The standard InChI is InChI=1S/C13H12FNO4/c14-9-3-1-8(2-4-9)5-6-15-7-10(13(18)19)11(16)12(15)17/h1-4,16H,5-7H2,(H,18,19). The minimum Gasteiger partial charge on any atom is -0.503 e. The number of carboxylic acids is 1. The molecule has 0 saturated carbocycles. The van der Waals surface area contributed by atoms with Crippen molar-refractivity contribution in [2.75, 3.05) is 13.1 Å². The van der Waals surface area contributed by atoms with E-state index in [4.69, 9.17) is 5.11 Å². The van der Waals surface area contributed by atoms with E-state index in [-0.39, 0.29) is 24.5 Å². The van der Waals surface area contributed by atoms with Gasteiger partial charge in [-0.3, -0.25) is 4.79 Å². The van der Waals surface area contributed by atoms with Gasteiger partial charge in [0.1, 0.15) is 11.4 Å². The van der Waals surface area contributed by atoms with Crippen LogP contribution in [0.25, 0.3) is 0 Å². The summed E-state index contributed by atoms with van der Waals surface area (Å²) >= 11 is 0. The quantitative estimate of drug-likeness (QED) is 0.854. The largest absolute Gasteiger partial charge is 0.503 e. The van der Waals surface area contributed by atoms with Gasteiger partial charge >= 0.3 is 5.97 Å². The van der Waals surface area contributed by atoms with Gasteiger partial charge in [-0.25, -0.2) is 9.18 Å². The van der Waals surface area contributed by atoms with Crippen LogP contribution in [0.3, 0.4) is 0 Å². The molecule has 1 heterocycles. The van der Waals surface area contributed by atoms with Gasteiger partial charge in [-0.1, -0.05) is 12.1 Å². The van der Waals surface area contributed by atoms with Crippen LogP contribution in [0.4, 0.5) is 4.39 Å². The molecule has 1 aliphatic rings. The summed E-state index contributed by atoms with van der Waals surface area (Å²) in [4.78, 5) is 23.6. The number of rotatable bonds is 4. The van der Waals surface area contributed by atoms with E-state index in [9.17, 15) is 19.1 Å². The Bertz CT molecular complexity index is 550. The molecule has 0 fully saturated rings. The van der Waals surface area contributed by atoms with E-state index in [0.29, 0.717) is 6.42 Å². The average Bonchev–Trinajstić information content (AvgIpc) is 2.66. The zero-order chi connectivity index (χ0) is 14.0. The maximum absolute atomic E-state index is 12.7. The van der Waals surface area contributed by atoms with Crippen LogP contribution in [-0.2, 0) is 16.0 Å². The van der Waals surface area contributed by atoms with Crippen molar-refractivity contribution in [2.24, 2.45) is 0 Å². The summed E-state index contributed by atoms with van der Waals surface area (Å²) in [7, 11) is 0. The molecule has 1 aliphatic heterocycles. The van der Waals surface area contributed by atoms with Crippen molar-refractivity contribution in [2.45, 2.75) is 6.42 Å². The summed E-state index contributed by atoms with van der Waals surface area (Å²) in [5, 5.41) is 18.2. The van der Waals surface area contributed by atoms with E-state index in [0.717, 1.165) is 5.56 Å². The molecule has 1 amide bonds. The molecule has 0 saturated heterocycles. The molecule has 0 aliphatic carbocycles. The van der Waals surface area contributed by atoms with Gasteiger partial charge in [0.15, 0.2) is 5.76 Å². The third-order valence-corrected chi connectivity index (χ3v) is 2.97. The number of carboxylic acid groups (broad SMARTS) is 1. The van der Waals surface area contributed by atoms with E-state index in [1.54, 1.807) is 12.1 Å². The molecule has 0 aromatic heterocycles. The summed E-state index contributed by atoms with van der Waals surface area (Å²) in [6.07, 6.45) is 0.464. The number of hydrogen-bond donors (Lipinski definition) is 2. The van der Waals surface area contributed by atoms with Gasteiger partial charge in [-0.05, 0) is 24.1 Å². The SMILES string of the molecule is O=C(O)C1=C(O)C(=O)N(CCc2ccc(F)cc2)C1. The molecule has 6 heteroatoms.